The normalized spacial score (nSPS) is 17.3. The maximum absolute atomic E-state index is 13.9. The van der Waals surface area contributed by atoms with Crippen molar-refractivity contribution in [2.75, 3.05) is 4.90 Å². The van der Waals surface area contributed by atoms with Crippen LogP contribution in [0.3, 0.4) is 0 Å². The Balaban J connectivity index is 1.89. The van der Waals surface area contributed by atoms with E-state index < -0.39 is 29.6 Å². The van der Waals surface area contributed by atoms with E-state index in [0.717, 1.165) is 12.3 Å². The molecule has 4 amide bonds. The lowest BCUT2D eigenvalue weighted by molar-refractivity contribution is -0.131. The molecule has 26 heavy (non-hydrogen) atoms. The summed E-state index contributed by atoms with van der Waals surface area (Å²) in [5.41, 5.74) is 0.602. The highest BCUT2D eigenvalue weighted by molar-refractivity contribution is 6.32. The van der Waals surface area contributed by atoms with E-state index in [1.54, 1.807) is 12.1 Å². The van der Waals surface area contributed by atoms with Crippen LogP contribution in [0.5, 0.6) is 0 Å². The van der Waals surface area contributed by atoms with E-state index in [1.165, 1.54) is 30.3 Å². The van der Waals surface area contributed by atoms with Gasteiger partial charge < -0.3 is 0 Å². The topological polar surface area (TPSA) is 103 Å². The number of urea groups is 1. The molecule has 0 unspecified atom stereocenters. The second kappa shape index (κ2) is 6.94. The Labute approximate surface area is 147 Å². The van der Waals surface area contributed by atoms with Crippen LogP contribution in [0.15, 0.2) is 53.5 Å². The molecule has 1 saturated heterocycles. The fourth-order valence-electron chi connectivity index (χ4n) is 2.37. The molecular formula is C18H11FN4O3. The smallest absolute Gasteiger partial charge is 0.276 e. The van der Waals surface area contributed by atoms with Crippen molar-refractivity contribution in [3.05, 3.63) is 59.9 Å². The minimum absolute atomic E-state index is 0.251. The molecule has 1 fully saturated rings. The highest BCUT2D eigenvalue weighted by Gasteiger charge is 2.41. The molecule has 1 aliphatic heterocycles. The molecule has 2 aromatic carbocycles. The summed E-state index contributed by atoms with van der Waals surface area (Å²) in [6.07, 6.45) is 1.08. The number of imide groups is 2. The first kappa shape index (κ1) is 17.0. The Morgan fingerprint density at radius 1 is 1.12 bits per heavy atom. The van der Waals surface area contributed by atoms with Crippen molar-refractivity contribution in [3.63, 3.8) is 0 Å². The molecule has 8 heteroatoms. The summed E-state index contributed by atoms with van der Waals surface area (Å²) in [6.45, 7) is 0. The average molecular weight is 350 g/mol. The van der Waals surface area contributed by atoms with Gasteiger partial charge in [-0.1, -0.05) is 12.1 Å². The van der Waals surface area contributed by atoms with Gasteiger partial charge in [0.05, 0.1) is 23.0 Å². The van der Waals surface area contributed by atoms with Crippen LogP contribution in [0.25, 0.3) is 0 Å². The lowest BCUT2D eigenvalue weighted by Crippen LogP contribution is -2.58. The lowest BCUT2D eigenvalue weighted by atomic mass is 10.1. The van der Waals surface area contributed by atoms with Gasteiger partial charge in [-0.3, -0.25) is 19.9 Å². The maximum Gasteiger partial charge on any atom is 0.335 e. The predicted octanol–water partition coefficient (Wildman–Crippen LogP) is 2.30. The molecule has 0 aromatic heterocycles. The number of nitrogens with zero attached hydrogens (tertiary/aromatic N) is 3. The zero-order valence-electron chi connectivity index (χ0n) is 13.2. The van der Waals surface area contributed by atoms with Gasteiger partial charge in [-0.15, -0.1) is 0 Å². The number of barbiturate groups is 1. The van der Waals surface area contributed by atoms with Crippen LogP contribution in [0, 0.1) is 23.1 Å². The van der Waals surface area contributed by atoms with Crippen LogP contribution < -0.4 is 10.2 Å². The van der Waals surface area contributed by atoms with Crippen LogP contribution >= 0.6 is 0 Å². The highest BCUT2D eigenvalue weighted by Crippen LogP contribution is 2.23. The van der Waals surface area contributed by atoms with Crippen molar-refractivity contribution >= 4 is 35.4 Å². The third-order valence-corrected chi connectivity index (χ3v) is 3.66. The highest BCUT2D eigenvalue weighted by atomic mass is 19.1. The van der Waals surface area contributed by atoms with Gasteiger partial charge in [-0.25, -0.2) is 14.1 Å². The van der Waals surface area contributed by atoms with Gasteiger partial charge in [0.1, 0.15) is 5.82 Å². The second-order valence-electron chi connectivity index (χ2n) is 5.33. The Bertz CT molecular complexity index is 963. The monoisotopic (exact) mass is 350 g/mol. The molecule has 2 aromatic rings. The Kier molecular flexibility index (Phi) is 4.53. The first-order valence-corrected chi connectivity index (χ1v) is 7.49. The van der Waals surface area contributed by atoms with E-state index in [-0.39, 0.29) is 5.69 Å². The largest absolute Gasteiger partial charge is 0.335 e. The summed E-state index contributed by atoms with van der Waals surface area (Å²) in [4.78, 5) is 41.2. The Morgan fingerprint density at radius 2 is 1.81 bits per heavy atom. The zero-order chi connectivity index (χ0) is 18.7. The molecule has 0 bridgehead atoms. The number of rotatable bonds is 3. The van der Waals surface area contributed by atoms with Crippen LogP contribution in [0.4, 0.5) is 20.6 Å². The van der Waals surface area contributed by atoms with Gasteiger partial charge >= 0.3 is 6.03 Å². The summed E-state index contributed by atoms with van der Waals surface area (Å²) >= 11 is 0. The summed E-state index contributed by atoms with van der Waals surface area (Å²) in [7, 11) is 0. The standard InChI is InChI=1S/C18H11FN4O3/c19-14-3-1-2-4-15(14)23-17(25)13(16(24)22-18(23)26)10-21-12-7-5-11(9-20)6-8-12/h1-8,10,13H,(H,22,24,26)/t13-/m0/s1. The molecule has 1 heterocycles. The number of nitriles is 1. The van der Waals surface area contributed by atoms with Crippen LogP contribution in [0.2, 0.25) is 0 Å². The summed E-state index contributed by atoms with van der Waals surface area (Å²) in [5, 5.41) is 10.8. The predicted molar refractivity (Wildman–Crippen MR) is 90.2 cm³/mol. The van der Waals surface area contributed by atoms with Crippen molar-refractivity contribution in [2.45, 2.75) is 0 Å². The van der Waals surface area contributed by atoms with Gasteiger partial charge in [0.2, 0.25) is 5.91 Å². The van der Waals surface area contributed by atoms with Gasteiger partial charge in [0.25, 0.3) is 5.91 Å². The Hall–Kier alpha value is -3.86. The van der Waals surface area contributed by atoms with Crippen LogP contribution in [-0.4, -0.2) is 24.1 Å². The van der Waals surface area contributed by atoms with E-state index >= 15 is 0 Å². The van der Waals surface area contributed by atoms with Crippen molar-refractivity contribution in [2.24, 2.45) is 10.9 Å². The molecule has 0 aliphatic carbocycles. The van der Waals surface area contributed by atoms with Crippen molar-refractivity contribution < 1.29 is 18.8 Å². The average Bonchev–Trinajstić information content (AvgIpc) is 2.63. The number of benzene rings is 2. The third kappa shape index (κ3) is 3.18. The number of halogens is 1. The fourth-order valence-corrected chi connectivity index (χ4v) is 2.37. The number of carbonyl (C=O) groups is 3. The first-order valence-electron chi connectivity index (χ1n) is 7.49. The van der Waals surface area contributed by atoms with E-state index in [4.69, 9.17) is 5.26 Å². The number of amides is 4. The third-order valence-electron chi connectivity index (χ3n) is 3.66. The quantitative estimate of drug-likeness (QED) is 0.677. The number of anilines is 1. The molecule has 128 valence electrons. The number of nitrogens with one attached hydrogen (secondary N) is 1. The van der Waals surface area contributed by atoms with E-state index in [0.29, 0.717) is 16.2 Å². The molecule has 7 nitrogen and oxygen atoms in total. The van der Waals surface area contributed by atoms with Gasteiger partial charge in [-0.05, 0) is 36.4 Å². The molecule has 0 spiro atoms. The molecular weight excluding hydrogens is 339 g/mol. The van der Waals surface area contributed by atoms with E-state index in [1.807, 2.05) is 11.4 Å². The molecule has 1 atom stereocenters. The summed E-state index contributed by atoms with van der Waals surface area (Å²) in [6, 6.07) is 12.3. The minimum Gasteiger partial charge on any atom is -0.276 e. The van der Waals surface area contributed by atoms with Crippen LogP contribution in [-0.2, 0) is 9.59 Å². The minimum atomic E-state index is -1.39. The SMILES string of the molecule is N#Cc1ccc(N=C[C@H]2C(=O)NC(=O)N(c3ccccc3F)C2=O)cc1. The van der Waals surface area contributed by atoms with E-state index in [2.05, 4.69) is 4.99 Å². The molecule has 1 aliphatic rings. The van der Waals surface area contributed by atoms with Gasteiger partial charge in [-0.2, -0.15) is 5.26 Å². The molecule has 3 rings (SSSR count). The number of hydrogen-bond donors (Lipinski definition) is 1. The first-order chi connectivity index (χ1) is 12.5. The Morgan fingerprint density at radius 3 is 2.46 bits per heavy atom. The molecule has 0 saturated carbocycles. The second-order valence-corrected chi connectivity index (χ2v) is 5.33. The summed E-state index contributed by atoms with van der Waals surface area (Å²) in [5.74, 6) is -3.90. The van der Waals surface area contributed by atoms with Gasteiger partial charge in [0, 0.05) is 6.21 Å². The maximum atomic E-state index is 13.9. The zero-order valence-corrected chi connectivity index (χ0v) is 13.2. The number of hydrogen-bond acceptors (Lipinski definition) is 5. The lowest BCUT2D eigenvalue weighted by Gasteiger charge is -2.28. The fraction of sp³-hybridized carbons (Fsp3) is 0.0556. The number of carbonyl (C=O) groups excluding carboxylic acids is 3. The summed E-state index contributed by atoms with van der Waals surface area (Å²) < 4.78 is 13.9. The van der Waals surface area contributed by atoms with Crippen LogP contribution in [0.1, 0.15) is 5.56 Å². The number of para-hydroxylation sites is 1. The number of aliphatic imine (C=N–C) groups is 1. The molecule has 1 N–H and O–H groups in total. The van der Waals surface area contributed by atoms with Crippen molar-refractivity contribution in [1.82, 2.24) is 5.32 Å². The van der Waals surface area contributed by atoms with Gasteiger partial charge in [0.15, 0.2) is 5.92 Å². The molecule has 0 radical (unpaired) electrons. The van der Waals surface area contributed by atoms with Crippen molar-refractivity contribution in [1.29, 1.82) is 5.26 Å². The van der Waals surface area contributed by atoms with E-state index in [9.17, 15) is 18.8 Å². The van der Waals surface area contributed by atoms with Crippen molar-refractivity contribution in [3.8, 4) is 6.07 Å².